The summed E-state index contributed by atoms with van der Waals surface area (Å²) in [5, 5.41) is 3.39. The molecule has 0 amide bonds. The molecule has 1 aliphatic rings. The van der Waals surface area contributed by atoms with Crippen LogP contribution >= 0.6 is 0 Å². The molecule has 1 aromatic heterocycles. The van der Waals surface area contributed by atoms with Crippen molar-refractivity contribution < 1.29 is 4.74 Å². The lowest BCUT2D eigenvalue weighted by Crippen LogP contribution is -2.42. The van der Waals surface area contributed by atoms with Crippen molar-refractivity contribution in [3.05, 3.63) is 18.2 Å². The maximum Gasteiger partial charge on any atom is 0.214 e. The van der Waals surface area contributed by atoms with Gasteiger partial charge in [0.1, 0.15) is 5.82 Å². The lowest BCUT2D eigenvalue weighted by molar-refractivity contribution is 0.393. The highest BCUT2D eigenvalue weighted by atomic mass is 16.5. The van der Waals surface area contributed by atoms with Crippen LogP contribution in [-0.4, -0.2) is 24.2 Å². The van der Waals surface area contributed by atoms with Crippen LogP contribution in [0.1, 0.15) is 25.7 Å². The van der Waals surface area contributed by atoms with Crippen LogP contribution in [0, 0.1) is 0 Å². The van der Waals surface area contributed by atoms with Gasteiger partial charge in [0.25, 0.3) is 0 Å². The predicted molar refractivity (Wildman–Crippen MR) is 64.6 cm³/mol. The quantitative estimate of drug-likeness (QED) is 0.816. The maximum absolute atomic E-state index is 6.08. The third kappa shape index (κ3) is 2.64. The fourth-order valence-electron chi connectivity index (χ4n) is 2.14. The first kappa shape index (κ1) is 11.2. The summed E-state index contributed by atoms with van der Waals surface area (Å²) in [6.45, 7) is 0. The number of pyridine rings is 1. The summed E-state index contributed by atoms with van der Waals surface area (Å²) in [7, 11) is 1.62. The van der Waals surface area contributed by atoms with Crippen molar-refractivity contribution in [1.29, 1.82) is 0 Å². The van der Waals surface area contributed by atoms with Crippen LogP contribution in [0.4, 0.5) is 5.82 Å². The second-order valence-electron chi connectivity index (χ2n) is 4.26. The van der Waals surface area contributed by atoms with Gasteiger partial charge in [0, 0.05) is 18.2 Å². The zero-order valence-corrected chi connectivity index (χ0v) is 9.65. The van der Waals surface area contributed by atoms with Crippen LogP contribution in [0.5, 0.6) is 5.88 Å². The van der Waals surface area contributed by atoms with Gasteiger partial charge in [-0.05, 0) is 18.9 Å². The van der Waals surface area contributed by atoms with E-state index in [-0.39, 0.29) is 6.04 Å². The number of rotatable bonds is 3. The normalized spacial score (nSPS) is 25.1. The van der Waals surface area contributed by atoms with Gasteiger partial charge >= 0.3 is 0 Å². The molecule has 0 spiro atoms. The Kier molecular flexibility index (Phi) is 3.62. The van der Waals surface area contributed by atoms with Crippen LogP contribution in [0.25, 0.3) is 0 Å². The standard InChI is InChI=1S/C12H19N3O/c1-16-12-8-4-7-11(15-12)14-10-6-3-2-5-9(10)13/h4,7-10H,2-3,5-6,13H2,1H3,(H,14,15)/t9-,10-/m1/s1. The number of aromatic nitrogens is 1. The fraction of sp³-hybridized carbons (Fsp3) is 0.583. The van der Waals surface area contributed by atoms with Crippen LogP contribution in [-0.2, 0) is 0 Å². The summed E-state index contributed by atoms with van der Waals surface area (Å²) in [6.07, 6.45) is 4.71. The van der Waals surface area contributed by atoms with E-state index < -0.39 is 0 Å². The van der Waals surface area contributed by atoms with Gasteiger partial charge in [0.2, 0.25) is 5.88 Å². The molecule has 1 heterocycles. The Labute approximate surface area is 96.2 Å². The molecule has 2 atom stereocenters. The smallest absolute Gasteiger partial charge is 0.214 e. The highest BCUT2D eigenvalue weighted by Crippen LogP contribution is 2.21. The van der Waals surface area contributed by atoms with E-state index >= 15 is 0 Å². The Bertz CT molecular complexity index is 343. The second kappa shape index (κ2) is 5.16. The topological polar surface area (TPSA) is 60.2 Å². The molecule has 1 saturated carbocycles. The molecule has 0 saturated heterocycles. The van der Waals surface area contributed by atoms with E-state index in [1.807, 2.05) is 18.2 Å². The second-order valence-corrected chi connectivity index (χ2v) is 4.26. The van der Waals surface area contributed by atoms with Gasteiger partial charge in [-0.3, -0.25) is 0 Å². The minimum atomic E-state index is 0.238. The van der Waals surface area contributed by atoms with Crippen molar-refractivity contribution in [2.24, 2.45) is 5.73 Å². The lowest BCUT2D eigenvalue weighted by atomic mass is 9.91. The minimum absolute atomic E-state index is 0.238. The first-order valence-corrected chi connectivity index (χ1v) is 5.83. The summed E-state index contributed by atoms with van der Waals surface area (Å²) < 4.78 is 5.09. The highest BCUT2D eigenvalue weighted by molar-refractivity contribution is 5.38. The third-order valence-electron chi connectivity index (χ3n) is 3.09. The van der Waals surface area contributed by atoms with Crippen molar-refractivity contribution in [3.63, 3.8) is 0 Å². The van der Waals surface area contributed by atoms with E-state index in [1.54, 1.807) is 7.11 Å². The molecular formula is C12H19N3O. The van der Waals surface area contributed by atoms with Crippen molar-refractivity contribution in [3.8, 4) is 5.88 Å². The molecule has 0 aromatic carbocycles. The van der Waals surface area contributed by atoms with E-state index in [4.69, 9.17) is 10.5 Å². The fourth-order valence-corrected chi connectivity index (χ4v) is 2.14. The first-order chi connectivity index (χ1) is 7.79. The molecule has 0 aliphatic heterocycles. The van der Waals surface area contributed by atoms with E-state index in [1.165, 1.54) is 12.8 Å². The monoisotopic (exact) mass is 221 g/mol. The molecule has 4 heteroatoms. The summed E-state index contributed by atoms with van der Waals surface area (Å²) in [4.78, 5) is 4.33. The van der Waals surface area contributed by atoms with Gasteiger partial charge in [-0.2, -0.15) is 4.98 Å². The van der Waals surface area contributed by atoms with Crippen LogP contribution < -0.4 is 15.8 Å². The molecule has 4 nitrogen and oxygen atoms in total. The number of hydrogen-bond acceptors (Lipinski definition) is 4. The molecule has 16 heavy (non-hydrogen) atoms. The minimum Gasteiger partial charge on any atom is -0.481 e. The molecular weight excluding hydrogens is 202 g/mol. The highest BCUT2D eigenvalue weighted by Gasteiger charge is 2.21. The van der Waals surface area contributed by atoms with E-state index in [9.17, 15) is 0 Å². The maximum atomic E-state index is 6.08. The van der Waals surface area contributed by atoms with Crippen molar-refractivity contribution in [1.82, 2.24) is 4.98 Å². The Morgan fingerprint density at radius 3 is 2.94 bits per heavy atom. The van der Waals surface area contributed by atoms with E-state index in [0.29, 0.717) is 11.9 Å². The van der Waals surface area contributed by atoms with Crippen molar-refractivity contribution in [2.75, 3.05) is 12.4 Å². The van der Waals surface area contributed by atoms with Gasteiger partial charge in [-0.1, -0.05) is 18.9 Å². The molecule has 1 fully saturated rings. The summed E-state index contributed by atoms with van der Waals surface area (Å²) in [5.41, 5.74) is 6.08. The van der Waals surface area contributed by atoms with Gasteiger partial charge in [-0.15, -0.1) is 0 Å². The van der Waals surface area contributed by atoms with Gasteiger partial charge in [0.15, 0.2) is 0 Å². The first-order valence-electron chi connectivity index (χ1n) is 5.83. The average Bonchev–Trinajstić information content (AvgIpc) is 2.32. The van der Waals surface area contributed by atoms with Crippen molar-refractivity contribution >= 4 is 5.82 Å². The number of ether oxygens (including phenoxy) is 1. The Morgan fingerprint density at radius 2 is 2.19 bits per heavy atom. The number of nitrogens with zero attached hydrogens (tertiary/aromatic N) is 1. The van der Waals surface area contributed by atoms with E-state index in [0.717, 1.165) is 18.7 Å². The number of anilines is 1. The largest absolute Gasteiger partial charge is 0.481 e. The van der Waals surface area contributed by atoms with Crippen molar-refractivity contribution in [2.45, 2.75) is 37.8 Å². The summed E-state index contributed by atoms with van der Waals surface area (Å²) in [6, 6.07) is 6.30. The number of nitrogens with two attached hydrogens (primary N) is 1. The van der Waals surface area contributed by atoms with E-state index in [2.05, 4.69) is 10.3 Å². The third-order valence-corrected chi connectivity index (χ3v) is 3.09. The zero-order chi connectivity index (χ0) is 11.4. The molecule has 0 radical (unpaired) electrons. The molecule has 88 valence electrons. The molecule has 3 N–H and O–H groups in total. The molecule has 0 unspecified atom stereocenters. The number of hydrogen-bond donors (Lipinski definition) is 2. The Balaban J connectivity index is 2.01. The van der Waals surface area contributed by atoms with Crippen LogP contribution in [0.2, 0.25) is 0 Å². The predicted octanol–water partition coefficient (Wildman–Crippen LogP) is 1.77. The van der Waals surface area contributed by atoms with Crippen LogP contribution in [0.3, 0.4) is 0 Å². The zero-order valence-electron chi connectivity index (χ0n) is 9.65. The summed E-state index contributed by atoms with van der Waals surface area (Å²) >= 11 is 0. The Morgan fingerprint density at radius 1 is 1.38 bits per heavy atom. The molecule has 0 bridgehead atoms. The van der Waals surface area contributed by atoms with Gasteiger partial charge < -0.3 is 15.8 Å². The lowest BCUT2D eigenvalue weighted by Gasteiger charge is -2.29. The SMILES string of the molecule is COc1cccc(N[C@@H]2CCCC[C@H]2N)n1. The van der Waals surface area contributed by atoms with Gasteiger partial charge in [-0.25, -0.2) is 0 Å². The van der Waals surface area contributed by atoms with Gasteiger partial charge in [0.05, 0.1) is 7.11 Å². The Hall–Kier alpha value is -1.29. The molecule has 1 aromatic rings. The molecule has 2 rings (SSSR count). The summed E-state index contributed by atoms with van der Waals surface area (Å²) in [5.74, 6) is 1.48. The number of methoxy groups -OCH3 is 1. The average molecular weight is 221 g/mol. The molecule has 1 aliphatic carbocycles. The number of nitrogens with one attached hydrogen (secondary N) is 1. The van der Waals surface area contributed by atoms with Crippen LogP contribution in [0.15, 0.2) is 18.2 Å².